The molecule has 6 heteroatoms. The number of nitrogens with zero attached hydrogens (tertiary/aromatic N) is 1. The number of piperidine rings is 1. The molecule has 0 radical (unpaired) electrons. The molecule has 6 atom stereocenters. The molecule has 6 nitrogen and oxygen atoms in total. The number of likely N-dealkylation sites (tertiary alicyclic amines) is 1. The van der Waals surface area contributed by atoms with Crippen LogP contribution >= 0.6 is 0 Å². The Morgan fingerprint density at radius 2 is 2.19 bits per heavy atom. The molecule has 1 aromatic rings. The number of nitrogens with one attached hydrogen (secondary N) is 2. The predicted octanol–water partition coefficient (Wildman–Crippen LogP) is 3.31. The maximum absolute atomic E-state index is 13.5. The largest absolute Gasteiger partial charge is 0.513 e. The molecule has 2 saturated carbocycles. The van der Waals surface area contributed by atoms with E-state index in [2.05, 4.69) is 16.9 Å². The van der Waals surface area contributed by atoms with Crippen LogP contribution in [0.5, 0.6) is 0 Å². The van der Waals surface area contributed by atoms with E-state index in [1.807, 2.05) is 17.1 Å². The Morgan fingerprint density at radius 3 is 2.94 bits per heavy atom. The van der Waals surface area contributed by atoms with Crippen molar-refractivity contribution in [3.05, 3.63) is 69.9 Å². The van der Waals surface area contributed by atoms with E-state index in [1.165, 1.54) is 17.2 Å². The van der Waals surface area contributed by atoms with Gasteiger partial charge in [-0.15, -0.1) is 0 Å². The lowest BCUT2D eigenvalue weighted by molar-refractivity contribution is -0.0716. The number of hydrogen-bond donors (Lipinski definition) is 3. The summed E-state index contributed by atoms with van der Waals surface area (Å²) in [6.45, 7) is 7.59. The first-order chi connectivity index (χ1) is 15.4. The van der Waals surface area contributed by atoms with Crippen molar-refractivity contribution < 1.29 is 9.90 Å². The molecular weight excluding hydrogens is 402 g/mol. The number of pyridine rings is 1. The van der Waals surface area contributed by atoms with Gasteiger partial charge in [-0.05, 0) is 86.1 Å². The molecular formula is C26H31N3O3. The van der Waals surface area contributed by atoms with Gasteiger partial charge in [-0.3, -0.25) is 9.59 Å². The topological polar surface area (TPSA) is 85.4 Å². The molecule has 2 saturated heterocycles. The van der Waals surface area contributed by atoms with Crippen molar-refractivity contribution in [2.45, 2.75) is 51.1 Å². The fourth-order valence-corrected chi connectivity index (χ4v) is 8.71. The maximum Gasteiger partial charge on any atom is 0.270 e. The van der Waals surface area contributed by atoms with E-state index < -0.39 is 0 Å². The normalized spacial score (nSPS) is 39.8. The van der Waals surface area contributed by atoms with Crippen LogP contribution in [0.2, 0.25) is 0 Å². The van der Waals surface area contributed by atoms with Gasteiger partial charge in [0.25, 0.3) is 5.91 Å². The summed E-state index contributed by atoms with van der Waals surface area (Å²) in [7, 11) is 0. The Balaban J connectivity index is 1.48. The summed E-state index contributed by atoms with van der Waals surface area (Å²) in [5.41, 5.74) is 2.79. The number of aliphatic hydroxyl groups is 1. The van der Waals surface area contributed by atoms with Gasteiger partial charge in [0.2, 0.25) is 5.56 Å². The minimum atomic E-state index is -0.241. The molecule has 4 bridgehead atoms. The molecule has 3 heterocycles. The Bertz CT molecular complexity index is 1130. The van der Waals surface area contributed by atoms with Gasteiger partial charge in [0.05, 0.1) is 5.76 Å². The molecule has 0 aromatic carbocycles. The fourth-order valence-electron chi connectivity index (χ4n) is 8.71. The van der Waals surface area contributed by atoms with Crippen molar-refractivity contribution >= 4 is 5.91 Å². The SMILES string of the molecule is C=CC1=C(/C=C(\C)O)C23CCNC(C1)C21CCC2C3[C@@H](CN2C(=O)c2cccc(=O)[nH]2)C1. The molecule has 2 aliphatic heterocycles. The number of carbonyl (C=O) groups excluding carboxylic acids is 1. The van der Waals surface area contributed by atoms with Crippen LogP contribution in [0, 0.1) is 22.7 Å². The lowest BCUT2D eigenvalue weighted by atomic mass is 9.44. The number of aliphatic hydroxyl groups excluding tert-OH is 1. The van der Waals surface area contributed by atoms with E-state index in [0.29, 0.717) is 29.3 Å². The summed E-state index contributed by atoms with van der Waals surface area (Å²) >= 11 is 0. The molecule has 168 valence electrons. The van der Waals surface area contributed by atoms with Crippen molar-refractivity contribution in [2.24, 2.45) is 22.7 Å². The Kier molecular flexibility index (Phi) is 4.20. The summed E-state index contributed by atoms with van der Waals surface area (Å²) in [5.74, 6) is 1.10. The van der Waals surface area contributed by atoms with E-state index in [9.17, 15) is 14.7 Å². The maximum atomic E-state index is 13.5. The third kappa shape index (κ3) is 2.34. The number of aromatic nitrogens is 1. The summed E-state index contributed by atoms with van der Waals surface area (Å²) in [4.78, 5) is 30.1. The van der Waals surface area contributed by atoms with Crippen LogP contribution in [0.1, 0.15) is 49.5 Å². The van der Waals surface area contributed by atoms with Crippen molar-refractivity contribution in [2.75, 3.05) is 13.1 Å². The number of aromatic amines is 1. The minimum absolute atomic E-state index is 0.0403. The Labute approximate surface area is 188 Å². The van der Waals surface area contributed by atoms with Crippen LogP contribution in [0.3, 0.4) is 0 Å². The minimum Gasteiger partial charge on any atom is -0.513 e. The number of rotatable bonds is 3. The molecule has 32 heavy (non-hydrogen) atoms. The molecule has 1 aromatic heterocycles. The first-order valence-corrected chi connectivity index (χ1v) is 11.9. The third-order valence-electron chi connectivity index (χ3n) is 9.41. The monoisotopic (exact) mass is 433 g/mol. The summed E-state index contributed by atoms with van der Waals surface area (Å²) in [6.07, 6.45) is 9.18. The second-order valence-electron chi connectivity index (χ2n) is 10.5. The van der Waals surface area contributed by atoms with Crippen LogP contribution in [-0.4, -0.2) is 46.1 Å². The van der Waals surface area contributed by atoms with Crippen LogP contribution in [0.15, 0.2) is 58.6 Å². The molecule has 5 aliphatic rings. The van der Waals surface area contributed by atoms with Gasteiger partial charge in [-0.1, -0.05) is 18.7 Å². The van der Waals surface area contributed by atoms with Gasteiger partial charge in [-0.2, -0.15) is 0 Å². The number of carbonyl (C=O) groups is 1. The Hall–Kier alpha value is -2.60. The molecule has 1 amide bonds. The van der Waals surface area contributed by atoms with Crippen molar-refractivity contribution in [3.8, 4) is 0 Å². The van der Waals surface area contributed by atoms with Gasteiger partial charge in [0.1, 0.15) is 5.69 Å². The molecule has 3 aliphatic carbocycles. The second kappa shape index (κ2) is 6.70. The molecule has 6 rings (SSSR count). The molecule has 5 unspecified atom stereocenters. The summed E-state index contributed by atoms with van der Waals surface area (Å²) in [6, 6.07) is 5.40. The van der Waals surface area contributed by atoms with Crippen LogP contribution in [0.25, 0.3) is 0 Å². The van der Waals surface area contributed by atoms with E-state index in [1.54, 1.807) is 19.1 Å². The standard InChI is InChI=1S/C26H31N3O3/c1-3-16-12-21-25-8-7-20-23(26(25,9-10-27-21)18(16)11-15(2)30)17(13-25)14-29(20)24(32)19-5-4-6-22(31)28-19/h3-6,11,17,20-21,23,27,30H,1,7-10,12-14H2,2H3,(H,28,31)/b15-11+/t17-,20?,21?,23?,25?,26?/m1/s1. The van der Waals surface area contributed by atoms with Crippen molar-refractivity contribution in [1.82, 2.24) is 15.2 Å². The molecule has 0 spiro atoms. The van der Waals surface area contributed by atoms with Crippen LogP contribution in [0.4, 0.5) is 0 Å². The van der Waals surface area contributed by atoms with Gasteiger partial charge in [0.15, 0.2) is 0 Å². The van der Waals surface area contributed by atoms with Gasteiger partial charge >= 0.3 is 0 Å². The fraction of sp³-hybridized carbons (Fsp3) is 0.538. The zero-order valence-electron chi connectivity index (χ0n) is 18.6. The van der Waals surface area contributed by atoms with Crippen LogP contribution < -0.4 is 10.9 Å². The number of H-pyrrole nitrogens is 1. The first kappa shape index (κ1) is 20.0. The van der Waals surface area contributed by atoms with E-state index in [4.69, 9.17) is 0 Å². The molecule has 4 fully saturated rings. The van der Waals surface area contributed by atoms with E-state index >= 15 is 0 Å². The van der Waals surface area contributed by atoms with E-state index in [-0.39, 0.29) is 28.3 Å². The van der Waals surface area contributed by atoms with Gasteiger partial charge in [0, 0.05) is 30.1 Å². The highest BCUT2D eigenvalue weighted by Crippen LogP contribution is 2.76. The predicted molar refractivity (Wildman–Crippen MR) is 122 cm³/mol. The number of amides is 1. The highest BCUT2D eigenvalue weighted by atomic mass is 16.3. The van der Waals surface area contributed by atoms with Gasteiger partial charge < -0.3 is 20.3 Å². The van der Waals surface area contributed by atoms with Gasteiger partial charge in [-0.25, -0.2) is 0 Å². The highest BCUT2D eigenvalue weighted by Gasteiger charge is 2.75. The lowest BCUT2D eigenvalue weighted by Gasteiger charge is -2.64. The van der Waals surface area contributed by atoms with Crippen molar-refractivity contribution in [1.29, 1.82) is 0 Å². The van der Waals surface area contributed by atoms with E-state index in [0.717, 1.165) is 45.2 Å². The first-order valence-electron chi connectivity index (χ1n) is 11.9. The zero-order chi connectivity index (χ0) is 22.3. The third-order valence-corrected chi connectivity index (χ3v) is 9.41. The average molecular weight is 434 g/mol. The van der Waals surface area contributed by atoms with Crippen molar-refractivity contribution in [3.63, 3.8) is 0 Å². The Morgan fingerprint density at radius 1 is 1.34 bits per heavy atom. The zero-order valence-corrected chi connectivity index (χ0v) is 18.6. The lowest BCUT2D eigenvalue weighted by Crippen LogP contribution is -2.66. The summed E-state index contributed by atoms with van der Waals surface area (Å²) < 4.78 is 0. The average Bonchev–Trinajstić information content (AvgIpc) is 3.21. The smallest absolute Gasteiger partial charge is 0.270 e. The number of allylic oxidation sites excluding steroid dienone is 4. The second-order valence-corrected chi connectivity index (χ2v) is 10.5. The van der Waals surface area contributed by atoms with Crippen LogP contribution in [-0.2, 0) is 0 Å². The number of hydrogen-bond acceptors (Lipinski definition) is 4. The summed E-state index contributed by atoms with van der Waals surface area (Å²) in [5, 5.41) is 14.2. The molecule has 3 N–H and O–H groups in total. The highest BCUT2D eigenvalue weighted by molar-refractivity contribution is 5.92. The quantitative estimate of drug-likeness (QED) is 0.639.